The Morgan fingerprint density at radius 3 is 2.26 bits per heavy atom. The molecular formula is C26H28F2N3O4-. The lowest BCUT2D eigenvalue weighted by molar-refractivity contribution is -0.316. The highest BCUT2D eigenvalue weighted by atomic mass is 19.3. The molecule has 0 radical (unpaired) electrons. The number of hydrogen-bond donors (Lipinski definition) is 1. The fraction of sp³-hybridized carbons (Fsp3) is 0.346. The Kier molecular flexibility index (Phi) is 8.22. The van der Waals surface area contributed by atoms with Crippen LogP contribution in [0.3, 0.4) is 0 Å². The van der Waals surface area contributed by atoms with E-state index < -0.39 is 24.2 Å². The molecule has 1 unspecified atom stereocenters. The summed E-state index contributed by atoms with van der Waals surface area (Å²) in [7, 11) is 0. The number of aromatic nitrogens is 2. The molecule has 0 bridgehead atoms. The third kappa shape index (κ3) is 6.23. The van der Waals surface area contributed by atoms with Crippen LogP contribution in [0.15, 0.2) is 67.0 Å². The zero-order valence-electron chi connectivity index (χ0n) is 19.8. The van der Waals surface area contributed by atoms with Crippen molar-refractivity contribution in [3.63, 3.8) is 0 Å². The third-order valence-electron chi connectivity index (χ3n) is 6.16. The number of carboxylic acids is 1. The molecule has 1 heterocycles. The van der Waals surface area contributed by atoms with Crippen molar-refractivity contribution >= 4 is 12.1 Å². The lowest BCUT2D eigenvalue weighted by atomic mass is 9.78. The Morgan fingerprint density at radius 2 is 1.71 bits per heavy atom. The number of rotatable bonds is 10. The van der Waals surface area contributed by atoms with E-state index in [1.807, 2.05) is 26.8 Å². The van der Waals surface area contributed by atoms with Gasteiger partial charge in [0.25, 0.3) is 0 Å². The normalized spacial score (nSPS) is 13.9. The van der Waals surface area contributed by atoms with Gasteiger partial charge in [0.05, 0.1) is 12.2 Å². The third-order valence-corrected chi connectivity index (χ3v) is 6.16. The van der Waals surface area contributed by atoms with Gasteiger partial charge in [0.2, 0.25) is 0 Å². The van der Waals surface area contributed by atoms with Gasteiger partial charge in [-0.05, 0) is 34.9 Å². The van der Waals surface area contributed by atoms with Gasteiger partial charge in [-0.25, -0.2) is 9.48 Å². The predicted molar refractivity (Wildman–Crippen MR) is 124 cm³/mol. The summed E-state index contributed by atoms with van der Waals surface area (Å²) >= 11 is 0. The second-order valence-corrected chi connectivity index (χ2v) is 8.87. The zero-order chi connectivity index (χ0) is 25.6. The van der Waals surface area contributed by atoms with E-state index in [9.17, 15) is 23.5 Å². The SMILES string of the molecule is CC(C)C(C)C[C@](NC(=O)OCc1ccccc1)(C(=O)[O-])c1ccc(-c2cnn(C(F)F)c2)cc1. The summed E-state index contributed by atoms with van der Waals surface area (Å²) in [4.78, 5) is 25.3. The second-order valence-electron chi connectivity index (χ2n) is 8.87. The van der Waals surface area contributed by atoms with Gasteiger partial charge in [-0.15, -0.1) is 0 Å². The monoisotopic (exact) mass is 484 g/mol. The number of aliphatic carboxylic acids is 1. The van der Waals surface area contributed by atoms with Crippen molar-refractivity contribution in [3.05, 3.63) is 78.1 Å². The molecule has 0 fully saturated rings. The molecule has 0 aliphatic heterocycles. The number of alkyl halides is 2. The van der Waals surface area contributed by atoms with Crippen molar-refractivity contribution in [3.8, 4) is 11.1 Å². The molecule has 2 aromatic carbocycles. The maximum atomic E-state index is 12.9. The van der Waals surface area contributed by atoms with Crippen LogP contribution in [0.5, 0.6) is 0 Å². The van der Waals surface area contributed by atoms with E-state index in [0.29, 0.717) is 15.8 Å². The number of benzene rings is 2. The number of amides is 1. The van der Waals surface area contributed by atoms with Gasteiger partial charge < -0.3 is 20.0 Å². The largest absolute Gasteiger partial charge is 0.547 e. The smallest absolute Gasteiger partial charge is 0.408 e. The summed E-state index contributed by atoms with van der Waals surface area (Å²) in [6.07, 6.45) is 1.67. The molecule has 0 saturated heterocycles. The van der Waals surface area contributed by atoms with Crippen molar-refractivity contribution in [2.75, 3.05) is 0 Å². The molecule has 2 atom stereocenters. The molecule has 0 saturated carbocycles. The Bertz CT molecular complexity index is 1130. The van der Waals surface area contributed by atoms with E-state index in [0.717, 1.165) is 5.56 Å². The van der Waals surface area contributed by atoms with Crippen molar-refractivity contribution < 1.29 is 28.2 Å². The van der Waals surface area contributed by atoms with Gasteiger partial charge in [-0.1, -0.05) is 75.4 Å². The lowest BCUT2D eigenvalue weighted by Gasteiger charge is -2.38. The fourth-order valence-electron chi connectivity index (χ4n) is 3.69. The number of ether oxygens (including phenoxy) is 1. The molecule has 3 aromatic rings. The van der Waals surface area contributed by atoms with Crippen LogP contribution >= 0.6 is 0 Å². The summed E-state index contributed by atoms with van der Waals surface area (Å²) in [5.74, 6) is -1.43. The number of nitrogens with zero attached hydrogens (tertiary/aromatic N) is 2. The first-order chi connectivity index (χ1) is 16.6. The van der Waals surface area contributed by atoms with Gasteiger partial charge in [0, 0.05) is 11.8 Å². The van der Waals surface area contributed by atoms with Gasteiger partial charge >= 0.3 is 12.6 Å². The summed E-state index contributed by atoms with van der Waals surface area (Å²) in [5.41, 5.74) is 0.194. The highest BCUT2D eigenvalue weighted by molar-refractivity contribution is 5.85. The van der Waals surface area contributed by atoms with Crippen molar-refractivity contribution in [2.45, 2.75) is 45.9 Å². The molecule has 1 N–H and O–H groups in total. The van der Waals surface area contributed by atoms with Crippen LogP contribution in [0.25, 0.3) is 11.1 Å². The molecule has 1 aromatic heterocycles. The van der Waals surface area contributed by atoms with E-state index in [4.69, 9.17) is 4.74 Å². The van der Waals surface area contributed by atoms with Crippen LogP contribution in [0.1, 0.15) is 44.9 Å². The number of hydrogen-bond acceptors (Lipinski definition) is 5. The molecule has 0 aliphatic rings. The van der Waals surface area contributed by atoms with Gasteiger partial charge in [-0.3, -0.25) is 0 Å². The Hall–Kier alpha value is -3.75. The summed E-state index contributed by atoms with van der Waals surface area (Å²) in [6, 6.07) is 15.3. The Balaban J connectivity index is 1.90. The summed E-state index contributed by atoms with van der Waals surface area (Å²) < 4.78 is 31.5. The average molecular weight is 485 g/mol. The standard InChI is InChI=1S/C26H29F2N3O4/c1-17(2)18(3)13-26(23(32)33,30-25(34)35-16-19-7-5-4-6-8-19)22-11-9-20(10-12-22)21-14-29-31(15-21)24(27)28/h4-12,14-15,17-18,24H,13,16H2,1-3H3,(H,30,34)(H,32,33)/p-1/t18?,26-/m1/s1. The van der Waals surface area contributed by atoms with E-state index in [-0.39, 0.29) is 30.4 Å². The van der Waals surface area contributed by atoms with E-state index in [1.54, 1.807) is 36.4 Å². The van der Waals surface area contributed by atoms with Crippen LogP contribution in [-0.2, 0) is 21.7 Å². The summed E-state index contributed by atoms with van der Waals surface area (Å²) in [6.45, 7) is 3.02. The second kappa shape index (κ2) is 11.1. The molecule has 3 rings (SSSR count). The quantitative estimate of drug-likeness (QED) is 0.457. The molecule has 1 amide bonds. The number of carbonyl (C=O) groups is 2. The van der Waals surface area contributed by atoms with Crippen LogP contribution in [0, 0.1) is 11.8 Å². The molecular weight excluding hydrogens is 456 g/mol. The maximum Gasteiger partial charge on any atom is 0.408 e. The minimum atomic E-state index is -2.77. The maximum absolute atomic E-state index is 12.9. The fourth-order valence-corrected chi connectivity index (χ4v) is 3.69. The molecule has 35 heavy (non-hydrogen) atoms. The number of carboxylic acid groups (broad SMARTS) is 1. The van der Waals surface area contributed by atoms with Crippen LogP contribution < -0.4 is 10.4 Å². The molecule has 7 nitrogen and oxygen atoms in total. The van der Waals surface area contributed by atoms with Gasteiger partial charge in [0.15, 0.2) is 0 Å². The Morgan fingerprint density at radius 1 is 1.06 bits per heavy atom. The van der Waals surface area contributed by atoms with E-state index in [2.05, 4.69) is 10.4 Å². The molecule has 186 valence electrons. The molecule has 9 heteroatoms. The Labute approximate surface area is 202 Å². The first-order valence-electron chi connectivity index (χ1n) is 11.3. The van der Waals surface area contributed by atoms with Gasteiger partial charge in [0.1, 0.15) is 12.1 Å². The first kappa shape index (κ1) is 25.9. The molecule has 0 aliphatic carbocycles. The van der Waals surface area contributed by atoms with E-state index >= 15 is 0 Å². The number of nitrogens with one attached hydrogen (secondary N) is 1. The van der Waals surface area contributed by atoms with Gasteiger partial charge in [-0.2, -0.15) is 13.9 Å². The van der Waals surface area contributed by atoms with E-state index in [1.165, 1.54) is 24.5 Å². The minimum Gasteiger partial charge on any atom is -0.547 e. The van der Waals surface area contributed by atoms with Crippen molar-refractivity contribution in [2.24, 2.45) is 11.8 Å². The van der Waals surface area contributed by atoms with Crippen LogP contribution in [-0.4, -0.2) is 21.8 Å². The average Bonchev–Trinajstić information content (AvgIpc) is 3.33. The number of carbonyl (C=O) groups excluding carboxylic acids is 2. The highest BCUT2D eigenvalue weighted by Gasteiger charge is 2.38. The molecule has 0 spiro atoms. The predicted octanol–water partition coefficient (Wildman–Crippen LogP) is 4.50. The zero-order valence-corrected chi connectivity index (χ0v) is 19.8. The highest BCUT2D eigenvalue weighted by Crippen LogP contribution is 2.33. The van der Waals surface area contributed by atoms with Crippen molar-refractivity contribution in [1.82, 2.24) is 15.1 Å². The number of alkyl carbamates (subject to hydrolysis) is 1. The van der Waals surface area contributed by atoms with Crippen LogP contribution in [0.2, 0.25) is 0 Å². The first-order valence-corrected chi connectivity index (χ1v) is 11.3. The lowest BCUT2D eigenvalue weighted by Crippen LogP contribution is -2.58. The topological polar surface area (TPSA) is 96.3 Å². The number of halogens is 2. The van der Waals surface area contributed by atoms with Crippen LogP contribution in [0.4, 0.5) is 13.6 Å². The minimum absolute atomic E-state index is 0.0252. The summed E-state index contributed by atoms with van der Waals surface area (Å²) in [5, 5.41) is 18.7. The van der Waals surface area contributed by atoms with Crippen molar-refractivity contribution in [1.29, 1.82) is 0 Å².